The van der Waals surface area contributed by atoms with E-state index in [1.807, 2.05) is 0 Å². The zero-order valence-electron chi connectivity index (χ0n) is 13.0. The summed E-state index contributed by atoms with van der Waals surface area (Å²) < 4.78 is 42.3. The maximum atomic E-state index is 13.9. The average Bonchev–Trinajstić information content (AvgIpc) is 2.90. The topological polar surface area (TPSA) is 64.0 Å². The lowest BCUT2D eigenvalue weighted by molar-refractivity contribution is 0.585. The van der Waals surface area contributed by atoms with Crippen molar-refractivity contribution in [1.29, 1.82) is 0 Å². The number of sulfonamides is 1. The number of hydrogen-bond donors (Lipinski definition) is 1. The Labute approximate surface area is 164 Å². The predicted molar refractivity (Wildman–Crippen MR) is 100 cm³/mol. The number of nitrogens with zero attached hydrogens (tertiary/aromatic N) is 2. The molecule has 5 nitrogen and oxygen atoms in total. The molecule has 0 fully saturated rings. The molecule has 26 heavy (non-hydrogen) atoms. The van der Waals surface area contributed by atoms with E-state index in [1.54, 1.807) is 6.07 Å². The van der Waals surface area contributed by atoms with Crippen molar-refractivity contribution in [2.75, 3.05) is 4.72 Å². The molecule has 0 amide bonds. The van der Waals surface area contributed by atoms with Gasteiger partial charge in [0.2, 0.25) is 0 Å². The van der Waals surface area contributed by atoms with Crippen molar-refractivity contribution in [2.24, 2.45) is 0 Å². The van der Waals surface area contributed by atoms with Crippen LogP contribution in [0.2, 0.25) is 15.1 Å². The highest BCUT2D eigenvalue weighted by Crippen LogP contribution is 2.26. The molecule has 0 spiro atoms. The predicted octanol–water partition coefficient (Wildman–Crippen LogP) is 4.83. The Morgan fingerprint density at radius 3 is 2.38 bits per heavy atom. The summed E-state index contributed by atoms with van der Waals surface area (Å²) in [5.41, 5.74) is 0.223. The van der Waals surface area contributed by atoms with Crippen LogP contribution in [0.5, 0.6) is 0 Å². The molecule has 3 aromatic rings. The molecule has 3 rings (SSSR count). The van der Waals surface area contributed by atoms with E-state index in [4.69, 9.17) is 34.8 Å². The second kappa shape index (κ2) is 7.44. The van der Waals surface area contributed by atoms with Gasteiger partial charge in [-0.05, 0) is 36.4 Å². The van der Waals surface area contributed by atoms with Crippen LogP contribution in [0.15, 0.2) is 53.6 Å². The number of rotatable bonds is 5. The summed E-state index contributed by atoms with van der Waals surface area (Å²) in [4.78, 5) is 0.00432. The van der Waals surface area contributed by atoms with Crippen molar-refractivity contribution in [3.05, 3.63) is 75.1 Å². The molecule has 1 aromatic heterocycles. The fraction of sp³-hybridized carbons (Fsp3) is 0.0625. The van der Waals surface area contributed by atoms with Crippen LogP contribution in [-0.2, 0) is 16.6 Å². The summed E-state index contributed by atoms with van der Waals surface area (Å²) >= 11 is 17.8. The number of anilines is 1. The largest absolute Gasteiger partial charge is 0.264 e. The lowest BCUT2D eigenvalue weighted by Crippen LogP contribution is -2.14. The average molecular weight is 435 g/mol. The molecule has 0 aliphatic carbocycles. The lowest BCUT2D eigenvalue weighted by Gasteiger charge is -2.07. The highest BCUT2D eigenvalue weighted by atomic mass is 35.5. The summed E-state index contributed by atoms with van der Waals surface area (Å²) in [6.07, 6.45) is 1.38. The third-order valence-electron chi connectivity index (χ3n) is 3.45. The molecule has 0 aliphatic heterocycles. The molecule has 0 atom stereocenters. The monoisotopic (exact) mass is 433 g/mol. The van der Waals surface area contributed by atoms with Crippen LogP contribution in [-0.4, -0.2) is 18.2 Å². The highest BCUT2D eigenvalue weighted by molar-refractivity contribution is 7.92. The maximum Gasteiger partial charge on any atom is 0.263 e. The van der Waals surface area contributed by atoms with E-state index < -0.39 is 15.8 Å². The van der Waals surface area contributed by atoms with Crippen molar-refractivity contribution >= 4 is 50.6 Å². The van der Waals surface area contributed by atoms with E-state index in [9.17, 15) is 12.8 Å². The van der Waals surface area contributed by atoms with Gasteiger partial charge in [0.25, 0.3) is 10.0 Å². The minimum Gasteiger partial charge on any atom is -0.264 e. The van der Waals surface area contributed by atoms with Crippen LogP contribution < -0.4 is 4.72 Å². The Hall–Kier alpha value is -1.80. The SMILES string of the molecule is O=S(=O)(Nc1nn(Cc2c(F)cccc2Cl)cc1Cl)c1ccc(Cl)cc1. The van der Waals surface area contributed by atoms with Crippen molar-refractivity contribution in [2.45, 2.75) is 11.4 Å². The first-order valence-electron chi connectivity index (χ1n) is 7.20. The number of hydrogen-bond acceptors (Lipinski definition) is 3. The minimum absolute atomic E-state index is 0.00432. The molecule has 0 radical (unpaired) electrons. The number of halogens is 4. The highest BCUT2D eigenvalue weighted by Gasteiger charge is 2.19. The molecule has 0 saturated carbocycles. The van der Waals surface area contributed by atoms with Gasteiger partial charge in [-0.3, -0.25) is 9.40 Å². The second-order valence-electron chi connectivity index (χ2n) is 5.28. The summed E-state index contributed by atoms with van der Waals surface area (Å²) in [6.45, 7) is -0.00605. The third kappa shape index (κ3) is 4.12. The summed E-state index contributed by atoms with van der Waals surface area (Å²) in [5.74, 6) is -0.568. The minimum atomic E-state index is -3.90. The molecule has 10 heteroatoms. The maximum absolute atomic E-state index is 13.9. The number of nitrogens with one attached hydrogen (secondary N) is 1. The van der Waals surface area contributed by atoms with Gasteiger partial charge in [-0.1, -0.05) is 40.9 Å². The Balaban J connectivity index is 1.85. The fourth-order valence-electron chi connectivity index (χ4n) is 2.19. The van der Waals surface area contributed by atoms with Crippen LogP contribution in [0.25, 0.3) is 0 Å². The van der Waals surface area contributed by atoms with Gasteiger partial charge in [0, 0.05) is 21.8 Å². The molecule has 0 unspecified atom stereocenters. The quantitative estimate of drug-likeness (QED) is 0.625. The van der Waals surface area contributed by atoms with Crippen molar-refractivity contribution < 1.29 is 12.8 Å². The van der Waals surface area contributed by atoms with Gasteiger partial charge in [0.05, 0.1) is 11.4 Å². The third-order valence-corrected chi connectivity index (χ3v) is 5.69. The number of benzene rings is 2. The van der Waals surface area contributed by atoms with E-state index in [0.29, 0.717) is 5.02 Å². The smallest absolute Gasteiger partial charge is 0.263 e. The van der Waals surface area contributed by atoms with Crippen LogP contribution in [0.1, 0.15) is 5.56 Å². The van der Waals surface area contributed by atoms with Crippen LogP contribution in [0, 0.1) is 5.82 Å². The van der Waals surface area contributed by atoms with E-state index in [0.717, 1.165) is 0 Å². The van der Waals surface area contributed by atoms with Gasteiger partial charge >= 0.3 is 0 Å². The van der Waals surface area contributed by atoms with Gasteiger partial charge in [-0.15, -0.1) is 0 Å². The molecule has 136 valence electrons. The van der Waals surface area contributed by atoms with E-state index in [2.05, 4.69) is 9.82 Å². The van der Waals surface area contributed by atoms with Crippen molar-refractivity contribution in [3.8, 4) is 0 Å². The summed E-state index contributed by atoms with van der Waals surface area (Å²) in [7, 11) is -3.90. The van der Waals surface area contributed by atoms with Crippen molar-refractivity contribution in [3.63, 3.8) is 0 Å². The second-order valence-corrected chi connectivity index (χ2v) is 8.22. The Bertz CT molecular complexity index is 1030. The summed E-state index contributed by atoms with van der Waals surface area (Å²) in [6, 6.07) is 9.94. The molecule has 0 bridgehead atoms. The zero-order chi connectivity index (χ0) is 18.9. The molecule has 0 saturated heterocycles. The first-order valence-corrected chi connectivity index (χ1v) is 9.82. The van der Waals surface area contributed by atoms with Crippen molar-refractivity contribution in [1.82, 2.24) is 9.78 Å². The fourth-order valence-corrected chi connectivity index (χ4v) is 3.81. The molecule has 1 heterocycles. The van der Waals surface area contributed by atoms with Gasteiger partial charge in [0.1, 0.15) is 10.8 Å². The van der Waals surface area contributed by atoms with Crippen LogP contribution in [0.4, 0.5) is 10.2 Å². The molecule has 0 aliphatic rings. The molecular formula is C16H11Cl3FN3O2S. The molecule has 1 N–H and O–H groups in total. The Morgan fingerprint density at radius 1 is 1.04 bits per heavy atom. The Kier molecular flexibility index (Phi) is 5.43. The Morgan fingerprint density at radius 2 is 1.73 bits per heavy atom. The molecular weight excluding hydrogens is 424 g/mol. The zero-order valence-corrected chi connectivity index (χ0v) is 16.0. The molecule has 2 aromatic carbocycles. The van der Waals surface area contributed by atoms with Crippen LogP contribution in [0.3, 0.4) is 0 Å². The first kappa shape index (κ1) is 19.0. The van der Waals surface area contributed by atoms with E-state index >= 15 is 0 Å². The van der Waals surface area contributed by atoms with Gasteiger partial charge in [0.15, 0.2) is 5.82 Å². The van der Waals surface area contributed by atoms with Gasteiger partial charge < -0.3 is 0 Å². The lowest BCUT2D eigenvalue weighted by atomic mass is 10.2. The van der Waals surface area contributed by atoms with Gasteiger partial charge in [-0.2, -0.15) is 5.10 Å². The first-order chi connectivity index (χ1) is 12.3. The summed E-state index contributed by atoms with van der Waals surface area (Å²) in [5, 5.41) is 4.77. The number of aromatic nitrogens is 2. The standard InChI is InChI=1S/C16H11Cl3FN3O2S/c17-10-4-6-11(7-5-10)26(24,25)22-16-14(19)9-23(21-16)8-12-13(18)2-1-3-15(12)20/h1-7,9H,8H2,(H,21,22). The van der Waals surface area contributed by atoms with E-state index in [1.165, 1.54) is 47.3 Å². The van der Waals surface area contributed by atoms with Gasteiger partial charge in [-0.25, -0.2) is 12.8 Å². The van der Waals surface area contributed by atoms with E-state index in [-0.39, 0.29) is 32.9 Å². The normalized spacial score (nSPS) is 11.5. The van der Waals surface area contributed by atoms with Crippen LogP contribution >= 0.6 is 34.8 Å².